The first-order chi connectivity index (χ1) is 4.72. The fourth-order valence-electron chi connectivity index (χ4n) is 0.932. The van der Waals surface area contributed by atoms with Gasteiger partial charge >= 0.3 is 0 Å². The largest absolute Gasteiger partial charge is 0.256 e. The summed E-state index contributed by atoms with van der Waals surface area (Å²) >= 11 is 0. The molecule has 1 nitrogen and oxygen atoms in total. The zero-order valence-corrected chi connectivity index (χ0v) is 6.39. The van der Waals surface area contributed by atoms with Crippen LogP contribution in [0.15, 0.2) is 24.9 Å². The van der Waals surface area contributed by atoms with Crippen LogP contribution >= 0.6 is 0 Å². The van der Waals surface area contributed by atoms with Gasteiger partial charge in [-0.1, -0.05) is 12.6 Å². The number of hydrogen-bond acceptors (Lipinski definition) is 1. The van der Waals surface area contributed by atoms with Gasteiger partial charge in [-0.05, 0) is 31.1 Å². The highest BCUT2D eigenvalue weighted by Gasteiger charge is 1.96. The Morgan fingerprint density at radius 3 is 2.70 bits per heavy atom. The van der Waals surface area contributed by atoms with E-state index in [9.17, 15) is 0 Å². The molecule has 1 rings (SSSR count). The van der Waals surface area contributed by atoms with Crippen molar-refractivity contribution in [1.29, 1.82) is 0 Å². The molecule has 0 saturated heterocycles. The number of pyridine rings is 1. The van der Waals surface area contributed by atoms with Crippen molar-refractivity contribution in [3.05, 3.63) is 36.2 Å². The second-order valence-corrected chi connectivity index (χ2v) is 2.45. The van der Waals surface area contributed by atoms with Gasteiger partial charge < -0.3 is 0 Å². The second kappa shape index (κ2) is 2.65. The van der Waals surface area contributed by atoms with Crippen molar-refractivity contribution in [2.45, 2.75) is 13.8 Å². The fraction of sp³-hybridized carbons (Fsp3) is 0.222. The first kappa shape index (κ1) is 7.00. The van der Waals surface area contributed by atoms with Gasteiger partial charge in [-0.3, -0.25) is 4.98 Å². The first-order valence-electron chi connectivity index (χ1n) is 3.29. The molecule has 1 heteroatoms. The third-order valence-corrected chi connectivity index (χ3v) is 1.41. The highest BCUT2D eigenvalue weighted by molar-refractivity contribution is 5.60. The third kappa shape index (κ3) is 1.24. The predicted octanol–water partition coefficient (Wildman–Crippen LogP) is 2.42. The van der Waals surface area contributed by atoms with Gasteiger partial charge in [0, 0.05) is 6.20 Å². The molecule has 0 spiro atoms. The van der Waals surface area contributed by atoms with Crippen molar-refractivity contribution >= 4 is 5.57 Å². The second-order valence-electron chi connectivity index (χ2n) is 2.45. The number of allylic oxidation sites excluding steroid dienone is 1. The van der Waals surface area contributed by atoms with E-state index < -0.39 is 0 Å². The average Bonchev–Trinajstić information content (AvgIpc) is 1.88. The summed E-state index contributed by atoms with van der Waals surface area (Å²) in [6.07, 6.45) is 1.79. The minimum Gasteiger partial charge on any atom is -0.256 e. The lowest BCUT2D eigenvalue weighted by molar-refractivity contribution is 1.21. The van der Waals surface area contributed by atoms with Gasteiger partial charge in [-0.2, -0.15) is 0 Å². The lowest BCUT2D eigenvalue weighted by Crippen LogP contribution is -1.87. The monoisotopic (exact) mass is 133 g/mol. The topological polar surface area (TPSA) is 12.9 Å². The number of rotatable bonds is 1. The van der Waals surface area contributed by atoms with Crippen LogP contribution < -0.4 is 0 Å². The van der Waals surface area contributed by atoms with Crippen LogP contribution in [-0.2, 0) is 0 Å². The Morgan fingerprint density at radius 2 is 2.30 bits per heavy atom. The van der Waals surface area contributed by atoms with Crippen molar-refractivity contribution in [3.63, 3.8) is 0 Å². The number of aromatic nitrogens is 1. The molecule has 1 aromatic heterocycles. The first-order valence-corrected chi connectivity index (χ1v) is 3.29. The fourth-order valence-corrected chi connectivity index (χ4v) is 0.932. The lowest BCUT2D eigenvalue weighted by atomic mass is 10.1. The summed E-state index contributed by atoms with van der Waals surface area (Å²) < 4.78 is 0. The van der Waals surface area contributed by atoms with Gasteiger partial charge in [0.1, 0.15) is 0 Å². The van der Waals surface area contributed by atoms with Crippen molar-refractivity contribution in [2.75, 3.05) is 0 Å². The SMILES string of the molecule is C=C(C)c1ncccc1C. The van der Waals surface area contributed by atoms with E-state index in [-0.39, 0.29) is 0 Å². The molecule has 10 heavy (non-hydrogen) atoms. The maximum atomic E-state index is 4.18. The van der Waals surface area contributed by atoms with Gasteiger partial charge in [0.05, 0.1) is 5.69 Å². The third-order valence-electron chi connectivity index (χ3n) is 1.41. The Balaban J connectivity index is 3.15. The van der Waals surface area contributed by atoms with Gasteiger partial charge in [-0.15, -0.1) is 0 Å². The van der Waals surface area contributed by atoms with Crippen LogP contribution in [0.4, 0.5) is 0 Å². The molecular formula is C9H11N. The van der Waals surface area contributed by atoms with E-state index in [1.165, 1.54) is 5.56 Å². The van der Waals surface area contributed by atoms with Crippen LogP contribution in [0.1, 0.15) is 18.2 Å². The smallest absolute Gasteiger partial charge is 0.0681 e. The van der Waals surface area contributed by atoms with Crippen molar-refractivity contribution in [1.82, 2.24) is 4.98 Å². The van der Waals surface area contributed by atoms with Gasteiger partial charge in [0.2, 0.25) is 0 Å². The maximum Gasteiger partial charge on any atom is 0.0681 e. The summed E-state index contributed by atoms with van der Waals surface area (Å²) in [7, 11) is 0. The molecule has 0 amide bonds. The molecule has 1 heterocycles. The number of nitrogens with zero attached hydrogens (tertiary/aromatic N) is 1. The molecule has 0 unspecified atom stereocenters. The molecule has 0 radical (unpaired) electrons. The number of aryl methyl sites for hydroxylation is 1. The van der Waals surface area contributed by atoms with Crippen LogP contribution in [0, 0.1) is 6.92 Å². The molecule has 0 saturated carbocycles. The standard InChI is InChI=1S/C9H11N/c1-7(2)9-8(3)5-4-6-10-9/h4-6H,1H2,2-3H3. The Morgan fingerprint density at radius 1 is 1.60 bits per heavy atom. The van der Waals surface area contributed by atoms with Crippen LogP contribution in [0.5, 0.6) is 0 Å². The molecule has 0 aliphatic carbocycles. The molecule has 0 aliphatic heterocycles. The normalized spacial score (nSPS) is 9.40. The minimum absolute atomic E-state index is 1.02. The molecule has 1 aromatic rings. The molecule has 0 N–H and O–H groups in total. The molecular weight excluding hydrogens is 122 g/mol. The maximum absolute atomic E-state index is 4.18. The zero-order chi connectivity index (χ0) is 7.56. The summed E-state index contributed by atoms with van der Waals surface area (Å²) in [5.41, 5.74) is 3.23. The minimum atomic E-state index is 1.02. The summed E-state index contributed by atoms with van der Waals surface area (Å²) in [6.45, 7) is 7.83. The average molecular weight is 133 g/mol. The van der Waals surface area contributed by atoms with E-state index in [4.69, 9.17) is 0 Å². The summed E-state index contributed by atoms with van der Waals surface area (Å²) in [5.74, 6) is 0. The summed E-state index contributed by atoms with van der Waals surface area (Å²) in [6, 6.07) is 3.97. The van der Waals surface area contributed by atoms with E-state index in [0.29, 0.717) is 0 Å². The highest BCUT2D eigenvalue weighted by Crippen LogP contribution is 2.11. The predicted molar refractivity (Wildman–Crippen MR) is 43.7 cm³/mol. The van der Waals surface area contributed by atoms with Crippen LogP contribution in [0.2, 0.25) is 0 Å². The van der Waals surface area contributed by atoms with Crippen LogP contribution in [0.3, 0.4) is 0 Å². The van der Waals surface area contributed by atoms with Crippen LogP contribution in [0.25, 0.3) is 5.57 Å². The van der Waals surface area contributed by atoms with Gasteiger partial charge in [-0.25, -0.2) is 0 Å². The van der Waals surface area contributed by atoms with E-state index in [1.54, 1.807) is 6.20 Å². The molecule has 0 bridgehead atoms. The Hall–Kier alpha value is -1.11. The molecule has 0 aliphatic rings. The van der Waals surface area contributed by atoms with Gasteiger partial charge in [0.25, 0.3) is 0 Å². The summed E-state index contributed by atoms with van der Waals surface area (Å²) in [4.78, 5) is 4.18. The van der Waals surface area contributed by atoms with E-state index in [2.05, 4.69) is 11.6 Å². The molecule has 52 valence electrons. The quantitative estimate of drug-likeness (QED) is 0.573. The van der Waals surface area contributed by atoms with Crippen molar-refractivity contribution < 1.29 is 0 Å². The lowest BCUT2D eigenvalue weighted by Gasteiger charge is -2.00. The number of hydrogen-bond donors (Lipinski definition) is 0. The van der Waals surface area contributed by atoms with Crippen molar-refractivity contribution in [2.24, 2.45) is 0 Å². The van der Waals surface area contributed by atoms with E-state index in [0.717, 1.165) is 11.3 Å². The van der Waals surface area contributed by atoms with Gasteiger partial charge in [0.15, 0.2) is 0 Å². The highest BCUT2D eigenvalue weighted by atomic mass is 14.7. The molecule has 0 aromatic carbocycles. The molecule has 0 atom stereocenters. The zero-order valence-electron chi connectivity index (χ0n) is 6.39. The van der Waals surface area contributed by atoms with Crippen LogP contribution in [-0.4, -0.2) is 4.98 Å². The van der Waals surface area contributed by atoms with E-state index in [1.807, 2.05) is 26.0 Å². The Bertz CT molecular complexity index is 251. The molecule has 0 fully saturated rings. The summed E-state index contributed by atoms with van der Waals surface area (Å²) in [5, 5.41) is 0. The Labute approximate surface area is 61.4 Å². The van der Waals surface area contributed by atoms with Crippen molar-refractivity contribution in [3.8, 4) is 0 Å². The Kier molecular flexibility index (Phi) is 1.86. The van der Waals surface area contributed by atoms with E-state index >= 15 is 0 Å².